The van der Waals surface area contributed by atoms with Crippen LogP contribution in [0.4, 0.5) is 17.6 Å². The number of sulfonamides is 2. The predicted octanol–water partition coefficient (Wildman–Crippen LogP) is 16.9. The third-order valence-electron chi connectivity index (χ3n) is 17.7. The van der Waals surface area contributed by atoms with Crippen molar-refractivity contribution in [2.24, 2.45) is 30.5 Å². The monoisotopic (exact) mass is 1530 g/mol. The first-order chi connectivity index (χ1) is 49.7. The molecule has 0 spiro atoms. The number of halogens is 8. The molecule has 4 N–H and O–H groups in total. The highest BCUT2D eigenvalue weighted by Gasteiger charge is 2.37. The number of hydrazone groups is 2. The summed E-state index contributed by atoms with van der Waals surface area (Å²) < 4.78 is 115. The van der Waals surface area contributed by atoms with Gasteiger partial charge in [-0.15, -0.1) is 4.40 Å². The van der Waals surface area contributed by atoms with Gasteiger partial charge in [0.1, 0.15) is 12.4 Å². The number of aliphatic imine (C=N–C) groups is 1. The normalized spacial score (nSPS) is 16.2. The van der Waals surface area contributed by atoms with E-state index in [4.69, 9.17) is 72.2 Å². The van der Waals surface area contributed by atoms with Crippen LogP contribution in [0.25, 0.3) is 10.9 Å². The Balaban J connectivity index is 0.000000221. The topological polar surface area (TPSA) is 206 Å². The quantitative estimate of drug-likeness (QED) is 0.0171. The summed E-state index contributed by atoms with van der Waals surface area (Å²) in [5, 5.41) is 20.4. The summed E-state index contributed by atoms with van der Waals surface area (Å²) in [5.74, 6) is -0.140. The number of nitrogens with two attached hydrogens (primary N) is 1. The lowest BCUT2D eigenvalue weighted by Gasteiger charge is -2.38. The maximum atomic E-state index is 13.8. The zero-order valence-corrected chi connectivity index (χ0v) is 60.7. The number of H-pyrrole nitrogens is 1. The number of piperazine rings is 1. The number of fused-ring (bicyclic) bond motifs is 1. The first-order valence-electron chi connectivity index (χ1n) is 33.7. The second-order valence-corrected chi connectivity index (χ2v) is 29.9. The van der Waals surface area contributed by atoms with Gasteiger partial charge in [-0.25, -0.2) is 27.5 Å². The second kappa shape index (κ2) is 36.4. The first kappa shape index (κ1) is 78.0. The number of rotatable bonds is 24. The molecule has 0 aliphatic carbocycles. The Hall–Kier alpha value is -8.65. The second-order valence-electron chi connectivity index (χ2n) is 24.8. The van der Waals surface area contributed by atoms with E-state index in [1.54, 1.807) is 46.4 Å². The van der Waals surface area contributed by atoms with E-state index in [2.05, 4.69) is 36.3 Å². The Morgan fingerprint density at radius 2 is 1.16 bits per heavy atom. The molecule has 1 aromatic heterocycles. The Kier molecular flexibility index (Phi) is 27.3. The van der Waals surface area contributed by atoms with Gasteiger partial charge < -0.3 is 20.5 Å². The number of hydrogen-bond donors (Lipinski definition) is 3. The molecule has 2 atom stereocenters. The highest BCUT2D eigenvalue weighted by atomic mass is 35.5. The zero-order valence-electron chi connectivity index (χ0n) is 56.0. The van der Waals surface area contributed by atoms with Crippen LogP contribution in [0.3, 0.4) is 0 Å². The minimum absolute atomic E-state index is 0. The molecule has 17 nitrogen and oxygen atoms in total. The lowest BCUT2D eigenvalue weighted by Crippen LogP contribution is -2.52. The van der Waals surface area contributed by atoms with Gasteiger partial charge in [0.2, 0.25) is 11.9 Å². The average molecular weight is 1540 g/mol. The number of oxime groups is 1. The fourth-order valence-electron chi connectivity index (χ4n) is 12.3. The Morgan fingerprint density at radius 3 is 1.73 bits per heavy atom. The number of hydrogen-bond acceptors (Lipinski definition) is 11. The van der Waals surface area contributed by atoms with E-state index in [1.807, 2.05) is 96.0 Å². The molecule has 9 aromatic rings. The fourth-order valence-corrected chi connectivity index (χ4v) is 14.8. The fraction of sp³-hybridized carbons (Fsp3) is 0.286. The SMILES string of the molecule is C.NCCO/N=C(/CCCCCCN=C(NS(=O)(=O)c1ccc(Cl)cc1)N1C[C@H](c2ccccc2)C(c2ccc(Cl)cc2)=N1)c1ccc(C(F)(F)F)cc1.O=S(=O)(N=C(N1CCN(CCCCc2c[nH]c3ccc(F)cc23)CC1)N1C[C@H](c2ccccc2)C(c2ccc(Cl)cc2)=N1)c1ccc(Cl)cc1. The van der Waals surface area contributed by atoms with Gasteiger partial charge >= 0.3 is 6.18 Å². The van der Waals surface area contributed by atoms with Crippen molar-refractivity contribution in [1.29, 1.82) is 0 Å². The van der Waals surface area contributed by atoms with Gasteiger partial charge in [-0.3, -0.25) is 9.89 Å². The molecule has 8 aromatic carbocycles. The third-order valence-corrected chi connectivity index (χ3v) is 21.3. The number of alkyl halides is 3. The van der Waals surface area contributed by atoms with Crippen molar-refractivity contribution < 1.29 is 39.2 Å². The molecule has 546 valence electrons. The van der Waals surface area contributed by atoms with Crippen LogP contribution in [-0.4, -0.2) is 136 Å². The summed E-state index contributed by atoms with van der Waals surface area (Å²) in [6.07, 6.45) is 3.68. The van der Waals surface area contributed by atoms with E-state index in [0.717, 1.165) is 114 Å². The molecular formula is C77H80Cl4F4N12O5S2. The molecule has 12 rings (SSSR count). The summed E-state index contributed by atoms with van der Waals surface area (Å²) in [7, 11) is -8.14. The minimum Gasteiger partial charge on any atom is -0.394 e. The molecule has 0 amide bonds. The zero-order chi connectivity index (χ0) is 72.5. The van der Waals surface area contributed by atoms with Crippen molar-refractivity contribution in [2.75, 3.05) is 65.5 Å². The van der Waals surface area contributed by atoms with E-state index in [1.165, 1.54) is 54.6 Å². The van der Waals surface area contributed by atoms with E-state index >= 15 is 0 Å². The molecule has 104 heavy (non-hydrogen) atoms. The predicted molar refractivity (Wildman–Crippen MR) is 410 cm³/mol. The molecule has 1 saturated heterocycles. The molecule has 3 aliphatic rings. The number of nitrogens with zero attached hydrogens (tertiary/aromatic N) is 9. The molecule has 1 fully saturated rings. The average Bonchev–Trinajstić information content (AvgIpc) is 1.61. The maximum absolute atomic E-state index is 13.8. The minimum atomic E-state index is -4.44. The standard InChI is InChI=1S/C38H39Cl2F3N6O3S.C38H37Cl2FN6O2S.CH4/c39-31-17-13-29(14-18-31)36-34(27-8-4-3-5-9-27)26-49(46-36)37(48-53(50,51)33-21-19-32(40)20-22-33)45-24-7-2-1-6-10-35(47-52-25-23-44)28-11-15-30(16-12-28)38(41,42)43;39-30-11-9-28(10-12-30)37-35(27-6-2-1-3-7-27)26-47(43-37)38(44-50(48,49)33-16-13-31(40)14-17-33)46-22-20-45(21-23-46)19-5-4-8-29-25-42-36-18-15-32(41)24-34(29)36;/h3-5,8-9,11-22,34H,1-2,6-7,10,23-26,44H2,(H,45,48);1-3,6-7,9-18,24-25,35,42H,4-5,8,19-23,26H2;1H4/b47-35-;;/t34-;35-;/m11./s1. The van der Waals surface area contributed by atoms with Crippen molar-refractivity contribution in [1.82, 2.24) is 29.5 Å². The van der Waals surface area contributed by atoms with Crippen molar-refractivity contribution in [3.8, 4) is 0 Å². The molecule has 0 saturated carbocycles. The number of nitrogens with one attached hydrogen (secondary N) is 2. The van der Waals surface area contributed by atoms with Crippen molar-refractivity contribution in [3.05, 3.63) is 271 Å². The Bertz CT molecular complexity index is 4710. The summed E-state index contributed by atoms with van der Waals surface area (Å²) in [4.78, 5) is 17.7. The maximum Gasteiger partial charge on any atom is 0.416 e. The molecule has 4 heterocycles. The van der Waals surface area contributed by atoms with E-state index in [-0.39, 0.29) is 54.0 Å². The van der Waals surface area contributed by atoms with Crippen LogP contribution in [0.15, 0.2) is 241 Å². The smallest absolute Gasteiger partial charge is 0.394 e. The van der Waals surface area contributed by atoms with Crippen molar-refractivity contribution in [3.63, 3.8) is 0 Å². The summed E-state index contributed by atoms with van der Waals surface area (Å²) in [6, 6.07) is 56.4. The number of unbranched alkanes of at least 4 members (excludes halogenated alkanes) is 4. The van der Waals surface area contributed by atoms with Crippen LogP contribution in [-0.2, 0) is 37.5 Å². The van der Waals surface area contributed by atoms with E-state index in [0.29, 0.717) is 89.3 Å². The molecule has 27 heteroatoms. The lowest BCUT2D eigenvalue weighted by molar-refractivity contribution is -0.137. The number of aromatic nitrogens is 1. The molecule has 0 bridgehead atoms. The number of aryl methyl sites for hydroxylation is 1. The van der Waals surface area contributed by atoms with E-state index in [9.17, 15) is 34.4 Å². The van der Waals surface area contributed by atoms with Gasteiger partial charge in [0.05, 0.1) is 45.6 Å². The van der Waals surface area contributed by atoms with Gasteiger partial charge in [0.25, 0.3) is 20.0 Å². The highest BCUT2D eigenvalue weighted by Crippen LogP contribution is 2.34. The molecular weight excluding hydrogens is 1450 g/mol. The lowest BCUT2D eigenvalue weighted by atomic mass is 9.91. The first-order valence-corrected chi connectivity index (χ1v) is 38.2. The van der Waals surface area contributed by atoms with Gasteiger partial charge in [0.15, 0.2) is 0 Å². The Labute approximate surface area is 624 Å². The van der Waals surface area contributed by atoms with Crippen LogP contribution in [0, 0.1) is 5.82 Å². The van der Waals surface area contributed by atoms with Gasteiger partial charge in [-0.05, 0) is 182 Å². The Morgan fingerprint density at radius 1 is 0.625 bits per heavy atom. The van der Waals surface area contributed by atoms with Crippen LogP contribution < -0.4 is 10.5 Å². The van der Waals surface area contributed by atoms with Crippen LogP contribution >= 0.6 is 46.4 Å². The largest absolute Gasteiger partial charge is 0.416 e. The van der Waals surface area contributed by atoms with Crippen LogP contribution in [0.1, 0.15) is 103 Å². The molecule has 0 radical (unpaired) electrons. The highest BCUT2D eigenvalue weighted by molar-refractivity contribution is 7.90. The van der Waals surface area contributed by atoms with Gasteiger partial charge in [-0.2, -0.15) is 31.8 Å². The van der Waals surface area contributed by atoms with Crippen LogP contribution in [0.2, 0.25) is 20.1 Å². The van der Waals surface area contributed by atoms with Crippen molar-refractivity contribution >= 4 is 106 Å². The van der Waals surface area contributed by atoms with Crippen molar-refractivity contribution in [2.45, 2.75) is 86.6 Å². The van der Waals surface area contributed by atoms with Gasteiger partial charge in [0, 0.05) is 88.3 Å². The third kappa shape index (κ3) is 20.9. The van der Waals surface area contributed by atoms with Gasteiger partial charge in [-0.1, -0.05) is 169 Å². The summed E-state index contributed by atoms with van der Waals surface area (Å²) >= 11 is 24.5. The summed E-state index contributed by atoms with van der Waals surface area (Å²) in [5.41, 5.74) is 13.3. The number of benzene rings is 8. The summed E-state index contributed by atoms with van der Waals surface area (Å²) in [6.45, 7) is 5.10. The van der Waals surface area contributed by atoms with E-state index < -0.39 is 31.8 Å². The molecule has 3 aliphatic heterocycles. The number of aromatic amines is 1. The van der Waals surface area contributed by atoms with Crippen LogP contribution in [0.5, 0.6) is 0 Å². The number of guanidine groups is 2. The molecule has 0 unspecified atom stereocenters.